The number of hydrogen-bond donors (Lipinski definition) is 1. The zero-order valence-electron chi connectivity index (χ0n) is 11.5. The third-order valence-corrected chi connectivity index (χ3v) is 2.98. The molecule has 0 aliphatic rings. The first-order chi connectivity index (χ1) is 9.61. The first-order valence-corrected chi connectivity index (χ1v) is 6.19. The SMILES string of the molecule is COc1ccc(N)c(C(=O)N(C)Cc2cccnc2)c1. The standard InChI is InChI=1S/C15H17N3O2/c1-18(10-11-4-3-7-17-9-11)15(19)13-8-12(20-2)5-6-14(13)16/h3-9H,10,16H2,1-2H3. The minimum atomic E-state index is -0.148. The Morgan fingerprint density at radius 2 is 2.20 bits per heavy atom. The summed E-state index contributed by atoms with van der Waals surface area (Å²) >= 11 is 0. The van der Waals surface area contributed by atoms with Crippen LogP contribution in [0.15, 0.2) is 42.7 Å². The monoisotopic (exact) mass is 271 g/mol. The van der Waals surface area contributed by atoms with E-state index in [0.717, 1.165) is 5.56 Å². The molecule has 2 aromatic rings. The molecule has 2 rings (SSSR count). The molecule has 0 unspecified atom stereocenters. The maximum Gasteiger partial charge on any atom is 0.256 e. The molecule has 0 fully saturated rings. The van der Waals surface area contributed by atoms with Crippen molar-refractivity contribution in [3.8, 4) is 5.75 Å². The van der Waals surface area contributed by atoms with Crippen molar-refractivity contribution < 1.29 is 9.53 Å². The van der Waals surface area contributed by atoms with Crippen LogP contribution in [0.25, 0.3) is 0 Å². The molecule has 5 heteroatoms. The largest absolute Gasteiger partial charge is 0.497 e. The molecular formula is C15H17N3O2. The second-order valence-corrected chi connectivity index (χ2v) is 4.48. The summed E-state index contributed by atoms with van der Waals surface area (Å²) < 4.78 is 5.12. The summed E-state index contributed by atoms with van der Waals surface area (Å²) in [5, 5.41) is 0. The third-order valence-electron chi connectivity index (χ3n) is 2.98. The summed E-state index contributed by atoms with van der Waals surface area (Å²) in [5.74, 6) is 0.461. The third kappa shape index (κ3) is 3.06. The average Bonchev–Trinajstić information content (AvgIpc) is 2.48. The van der Waals surface area contributed by atoms with Crippen molar-refractivity contribution in [3.05, 3.63) is 53.9 Å². The molecule has 1 heterocycles. The van der Waals surface area contributed by atoms with Crippen LogP contribution in [0.4, 0.5) is 5.69 Å². The highest BCUT2D eigenvalue weighted by Gasteiger charge is 2.16. The van der Waals surface area contributed by atoms with E-state index in [1.165, 1.54) is 0 Å². The molecule has 0 atom stereocenters. The highest BCUT2D eigenvalue weighted by Crippen LogP contribution is 2.21. The molecule has 0 saturated carbocycles. The van der Waals surface area contributed by atoms with E-state index in [9.17, 15) is 4.79 Å². The number of nitrogen functional groups attached to an aromatic ring is 1. The number of anilines is 1. The van der Waals surface area contributed by atoms with Crippen LogP contribution in [0.2, 0.25) is 0 Å². The quantitative estimate of drug-likeness (QED) is 0.863. The van der Waals surface area contributed by atoms with Crippen molar-refractivity contribution in [2.45, 2.75) is 6.54 Å². The number of hydrogen-bond acceptors (Lipinski definition) is 4. The molecule has 1 aromatic carbocycles. The number of carbonyl (C=O) groups excluding carboxylic acids is 1. The van der Waals surface area contributed by atoms with Gasteiger partial charge >= 0.3 is 0 Å². The Morgan fingerprint density at radius 3 is 2.85 bits per heavy atom. The summed E-state index contributed by atoms with van der Waals surface area (Å²) in [6.45, 7) is 0.476. The fourth-order valence-corrected chi connectivity index (χ4v) is 1.89. The van der Waals surface area contributed by atoms with E-state index >= 15 is 0 Å². The highest BCUT2D eigenvalue weighted by molar-refractivity contribution is 5.99. The maximum absolute atomic E-state index is 12.4. The molecule has 0 bridgehead atoms. The molecule has 0 aliphatic heterocycles. The Kier molecular flexibility index (Phi) is 4.20. The predicted octanol–water partition coefficient (Wildman–Crippen LogP) is 1.94. The lowest BCUT2D eigenvalue weighted by Gasteiger charge is -2.18. The second-order valence-electron chi connectivity index (χ2n) is 4.48. The van der Waals surface area contributed by atoms with Gasteiger partial charge in [0.05, 0.1) is 12.7 Å². The molecule has 2 N–H and O–H groups in total. The molecule has 0 saturated heterocycles. The Morgan fingerprint density at radius 1 is 1.40 bits per heavy atom. The summed E-state index contributed by atoms with van der Waals surface area (Å²) in [6.07, 6.45) is 3.43. The Labute approximate surface area is 118 Å². The van der Waals surface area contributed by atoms with Crippen molar-refractivity contribution >= 4 is 11.6 Å². The number of amides is 1. The smallest absolute Gasteiger partial charge is 0.256 e. The number of ether oxygens (including phenoxy) is 1. The summed E-state index contributed by atoms with van der Waals surface area (Å²) in [6, 6.07) is 8.81. The van der Waals surface area contributed by atoms with Crippen LogP contribution in [0, 0.1) is 0 Å². The number of pyridine rings is 1. The normalized spacial score (nSPS) is 10.1. The fourth-order valence-electron chi connectivity index (χ4n) is 1.89. The predicted molar refractivity (Wildman–Crippen MR) is 77.4 cm³/mol. The van der Waals surface area contributed by atoms with Gasteiger partial charge in [0.15, 0.2) is 0 Å². The topological polar surface area (TPSA) is 68.5 Å². The summed E-state index contributed by atoms with van der Waals surface area (Å²) in [4.78, 5) is 18.0. The summed E-state index contributed by atoms with van der Waals surface area (Å²) in [5.41, 5.74) is 7.70. The van der Waals surface area contributed by atoms with E-state index in [-0.39, 0.29) is 5.91 Å². The lowest BCUT2D eigenvalue weighted by atomic mass is 10.1. The van der Waals surface area contributed by atoms with Gasteiger partial charge in [-0.15, -0.1) is 0 Å². The van der Waals surface area contributed by atoms with E-state index in [4.69, 9.17) is 10.5 Å². The average molecular weight is 271 g/mol. The maximum atomic E-state index is 12.4. The Hall–Kier alpha value is -2.56. The van der Waals surface area contributed by atoms with Gasteiger partial charge in [0, 0.05) is 31.7 Å². The Bertz CT molecular complexity index is 599. The first-order valence-electron chi connectivity index (χ1n) is 6.19. The van der Waals surface area contributed by atoms with Gasteiger partial charge in [0.25, 0.3) is 5.91 Å². The van der Waals surface area contributed by atoms with Gasteiger partial charge in [0.2, 0.25) is 0 Å². The van der Waals surface area contributed by atoms with Crippen LogP contribution in [0.3, 0.4) is 0 Å². The number of benzene rings is 1. The van der Waals surface area contributed by atoms with Gasteiger partial charge in [-0.2, -0.15) is 0 Å². The van der Waals surface area contributed by atoms with Crippen LogP contribution in [-0.2, 0) is 6.54 Å². The van der Waals surface area contributed by atoms with Crippen LogP contribution >= 0.6 is 0 Å². The van der Waals surface area contributed by atoms with Gasteiger partial charge < -0.3 is 15.4 Å². The van der Waals surface area contributed by atoms with Crippen LogP contribution < -0.4 is 10.5 Å². The van der Waals surface area contributed by atoms with Crippen molar-refractivity contribution in [1.29, 1.82) is 0 Å². The van der Waals surface area contributed by atoms with Gasteiger partial charge in [-0.25, -0.2) is 0 Å². The number of nitrogens with zero attached hydrogens (tertiary/aromatic N) is 2. The minimum Gasteiger partial charge on any atom is -0.497 e. The minimum absolute atomic E-state index is 0.148. The lowest BCUT2D eigenvalue weighted by Crippen LogP contribution is -2.27. The molecule has 0 spiro atoms. The van der Waals surface area contributed by atoms with E-state index in [1.807, 2.05) is 12.1 Å². The summed E-state index contributed by atoms with van der Waals surface area (Å²) in [7, 11) is 3.29. The highest BCUT2D eigenvalue weighted by atomic mass is 16.5. The number of aromatic nitrogens is 1. The van der Waals surface area contributed by atoms with Gasteiger partial charge in [-0.05, 0) is 29.8 Å². The van der Waals surface area contributed by atoms with Crippen molar-refractivity contribution in [1.82, 2.24) is 9.88 Å². The fraction of sp³-hybridized carbons (Fsp3) is 0.200. The van der Waals surface area contributed by atoms with Crippen LogP contribution in [0.5, 0.6) is 5.75 Å². The zero-order chi connectivity index (χ0) is 14.5. The van der Waals surface area contributed by atoms with Crippen LogP contribution in [-0.4, -0.2) is 29.9 Å². The number of carbonyl (C=O) groups is 1. The molecule has 1 amide bonds. The van der Waals surface area contributed by atoms with Gasteiger partial charge in [-0.1, -0.05) is 6.07 Å². The number of methoxy groups -OCH3 is 1. The van der Waals surface area contributed by atoms with Crippen molar-refractivity contribution in [2.24, 2.45) is 0 Å². The van der Waals surface area contributed by atoms with Crippen molar-refractivity contribution in [2.75, 3.05) is 19.9 Å². The molecule has 0 aliphatic carbocycles. The molecular weight excluding hydrogens is 254 g/mol. The van der Waals surface area contributed by atoms with Gasteiger partial charge in [0.1, 0.15) is 5.75 Å². The van der Waals surface area contributed by atoms with Gasteiger partial charge in [-0.3, -0.25) is 9.78 Å². The van der Waals surface area contributed by atoms with E-state index in [1.54, 1.807) is 49.7 Å². The molecule has 1 aromatic heterocycles. The van der Waals surface area contributed by atoms with E-state index in [2.05, 4.69) is 4.98 Å². The molecule has 104 valence electrons. The second kappa shape index (κ2) is 6.06. The molecule has 0 radical (unpaired) electrons. The first kappa shape index (κ1) is 13.9. The molecule has 5 nitrogen and oxygen atoms in total. The van der Waals surface area contributed by atoms with Crippen molar-refractivity contribution in [3.63, 3.8) is 0 Å². The van der Waals surface area contributed by atoms with Crippen LogP contribution in [0.1, 0.15) is 15.9 Å². The van der Waals surface area contributed by atoms with E-state index in [0.29, 0.717) is 23.5 Å². The Balaban J connectivity index is 2.18. The zero-order valence-corrected chi connectivity index (χ0v) is 11.5. The van der Waals surface area contributed by atoms with E-state index < -0.39 is 0 Å². The lowest BCUT2D eigenvalue weighted by molar-refractivity contribution is 0.0785. The number of rotatable bonds is 4. The number of nitrogens with two attached hydrogens (primary N) is 1. The molecule has 20 heavy (non-hydrogen) atoms.